The average Bonchev–Trinajstić information content (AvgIpc) is 2.81. The van der Waals surface area contributed by atoms with E-state index in [-0.39, 0.29) is 0 Å². The molecule has 1 heterocycles. The van der Waals surface area contributed by atoms with Crippen LogP contribution in [0.15, 0.2) is 24.4 Å². The van der Waals surface area contributed by atoms with Gasteiger partial charge in [0.1, 0.15) is 5.75 Å². The van der Waals surface area contributed by atoms with Gasteiger partial charge in [0.15, 0.2) is 0 Å². The molecule has 1 N–H and O–H groups in total. The van der Waals surface area contributed by atoms with Crippen LogP contribution in [0, 0.1) is 6.92 Å². The van der Waals surface area contributed by atoms with Crippen LogP contribution in [0.25, 0.3) is 0 Å². The second kappa shape index (κ2) is 4.99. The van der Waals surface area contributed by atoms with Crippen molar-refractivity contribution < 1.29 is 4.74 Å². The maximum Gasteiger partial charge on any atom is 0.122 e. The number of aryl methyl sites for hydroxylation is 1. The molecule has 17 heavy (non-hydrogen) atoms. The van der Waals surface area contributed by atoms with Crippen molar-refractivity contribution in [1.29, 1.82) is 0 Å². The molecule has 0 aliphatic rings. The van der Waals surface area contributed by atoms with E-state index in [1.54, 1.807) is 13.3 Å². The highest BCUT2D eigenvalue weighted by molar-refractivity contribution is 5.42. The number of aromatic nitrogens is 3. The Kier molecular flexibility index (Phi) is 3.42. The lowest BCUT2D eigenvalue weighted by molar-refractivity contribution is 0.405. The molecule has 1 aromatic heterocycles. The molecule has 1 atom stereocenters. The van der Waals surface area contributed by atoms with E-state index in [1.165, 1.54) is 11.1 Å². The second-order valence-corrected chi connectivity index (χ2v) is 4.26. The fraction of sp³-hybridized carbons (Fsp3) is 0.385. The standard InChI is InChI=1S/C13H17N3O/c1-9-5-4-6-12(17-3)13(9)10(2)7-11-8-14-16-15-11/h4-6,8,10H,7H2,1-3H3,(H,14,15,16). The lowest BCUT2D eigenvalue weighted by Crippen LogP contribution is -2.04. The van der Waals surface area contributed by atoms with Crippen molar-refractivity contribution in [2.75, 3.05) is 7.11 Å². The van der Waals surface area contributed by atoms with E-state index in [1.807, 2.05) is 12.1 Å². The zero-order valence-electron chi connectivity index (χ0n) is 10.4. The van der Waals surface area contributed by atoms with E-state index < -0.39 is 0 Å². The maximum absolute atomic E-state index is 5.42. The van der Waals surface area contributed by atoms with Gasteiger partial charge in [-0.3, -0.25) is 0 Å². The van der Waals surface area contributed by atoms with Gasteiger partial charge in [-0.2, -0.15) is 15.4 Å². The fourth-order valence-electron chi connectivity index (χ4n) is 2.20. The van der Waals surface area contributed by atoms with Gasteiger partial charge in [-0.25, -0.2) is 0 Å². The number of methoxy groups -OCH3 is 1. The molecule has 0 saturated heterocycles. The molecule has 0 radical (unpaired) electrons. The average molecular weight is 231 g/mol. The van der Waals surface area contributed by atoms with E-state index in [0.29, 0.717) is 5.92 Å². The molecule has 0 spiro atoms. The Bertz CT molecular complexity index is 479. The van der Waals surface area contributed by atoms with E-state index in [0.717, 1.165) is 17.9 Å². The van der Waals surface area contributed by atoms with Crippen LogP contribution < -0.4 is 4.74 Å². The van der Waals surface area contributed by atoms with Crippen LogP contribution in [-0.4, -0.2) is 22.5 Å². The number of rotatable bonds is 4. The van der Waals surface area contributed by atoms with Crippen LogP contribution in [0.3, 0.4) is 0 Å². The summed E-state index contributed by atoms with van der Waals surface area (Å²) in [5, 5.41) is 10.6. The van der Waals surface area contributed by atoms with Gasteiger partial charge in [-0.1, -0.05) is 19.1 Å². The van der Waals surface area contributed by atoms with Crippen molar-refractivity contribution in [2.45, 2.75) is 26.2 Å². The van der Waals surface area contributed by atoms with Crippen molar-refractivity contribution in [1.82, 2.24) is 15.4 Å². The topological polar surface area (TPSA) is 50.8 Å². The van der Waals surface area contributed by atoms with Crippen LogP contribution in [0.5, 0.6) is 5.75 Å². The highest BCUT2D eigenvalue weighted by Gasteiger charge is 2.15. The van der Waals surface area contributed by atoms with Crippen molar-refractivity contribution in [3.05, 3.63) is 41.2 Å². The summed E-state index contributed by atoms with van der Waals surface area (Å²) in [7, 11) is 1.71. The largest absolute Gasteiger partial charge is 0.496 e. The first-order valence-electron chi connectivity index (χ1n) is 5.70. The molecule has 0 amide bonds. The number of nitrogens with one attached hydrogen (secondary N) is 1. The summed E-state index contributed by atoms with van der Waals surface area (Å²) >= 11 is 0. The predicted molar refractivity (Wildman–Crippen MR) is 66.2 cm³/mol. The highest BCUT2D eigenvalue weighted by Crippen LogP contribution is 2.31. The molecule has 0 aliphatic carbocycles. The third-order valence-electron chi connectivity index (χ3n) is 2.98. The molecular formula is C13H17N3O. The van der Waals surface area contributed by atoms with Crippen LogP contribution in [0.2, 0.25) is 0 Å². The summed E-state index contributed by atoms with van der Waals surface area (Å²) in [4.78, 5) is 0. The van der Waals surface area contributed by atoms with Crippen molar-refractivity contribution in [3.63, 3.8) is 0 Å². The van der Waals surface area contributed by atoms with Gasteiger partial charge < -0.3 is 4.74 Å². The first-order chi connectivity index (χ1) is 8.22. The van der Waals surface area contributed by atoms with Gasteiger partial charge in [0, 0.05) is 5.56 Å². The van der Waals surface area contributed by atoms with Crippen molar-refractivity contribution in [2.24, 2.45) is 0 Å². The quantitative estimate of drug-likeness (QED) is 0.879. The fourth-order valence-corrected chi connectivity index (χ4v) is 2.20. The van der Waals surface area contributed by atoms with Crippen LogP contribution in [0.1, 0.15) is 29.7 Å². The minimum atomic E-state index is 0.358. The summed E-state index contributed by atoms with van der Waals surface area (Å²) in [6.45, 7) is 4.29. The summed E-state index contributed by atoms with van der Waals surface area (Å²) in [5.41, 5.74) is 3.47. The Balaban J connectivity index is 2.26. The summed E-state index contributed by atoms with van der Waals surface area (Å²) < 4.78 is 5.42. The van der Waals surface area contributed by atoms with Crippen molar-refractivity contribution in [3.8, 4) is 5.75 Å². The maximum atomic E-state index is 5.42. The van der Waals surface area contributed by atoms with Gasteiger partial charge in [0.2, 0.25) is 0 Å². The predicted octanol–water partition coefficient (Wildman–Crippen LogP) is 2.47. The molecule has 0 aliphatic heterocycles. The Morgan fingerprint density at radius 1 is 1.41 bits per heavy atom. The molecule has 0 fully saturated rings. The normalized spacial score (nSPS) is 12.4. The zero-order chi connectivity index (χ0) is 12.3. The summed E-state index contributed by atoms with van der Waals surface area (Å²) in [5.74, 6) is 1.30. The Hall–Kier alpha value is -1.84. The van der Waals surface area contributed by atoms with Crippen LogP contribution >= 0.6 is 0 Å². The molecule has 0 saturated carbocycles. The SMILES string of the molecule is COc1cccc(C)c1C(C)Cc1cn[nH]n1. The lowest BCUT2D eigenvalue weighted by atomic mass is 9.92. The molecule has 4 nitrogen and oxygen atoms in total. The van der Waals surface area contributed by atoms with Gasteiger partial charge in [-0.05, 0) is 30.9 Å². The second-order valence-electron chi connectivity index (χ2n) is 4.26. The molecule has 1 aromatic carbocycles. The Morgan fingerprint density at radius 3 is 2.88 bits per heavy atom. The number of ether oxygens (including phenoxy) is 1. The van der Waals surface area contributed by atoms with E-state index in [2.05, 4.69) is 35.3 Å². The van der Waals surface area contributed by atoms with Crippen LogP contribution in [0.4, 0.5) is 0 Å². The minimum Gasteiger partial charge on any atom is -0.496 e. The lowest BCUT2D eigenvalue weighted by Gasteiger charge is -2.17. The van der Waals surface area contributed by atoms with Gasteiger partial charge in [0.05, 0.1) is 19.0 Å². The molecule has 2 rings (SSSR count). The molecule has 1 unspecified atom stereocenters. The molecule has 2 aromatic rings. The number of nitrogens with zero attached hydrogens (tertiary/aromatic N) is 2. The number of hydrogen-bond donors (Lipinski definition) is 1. The number of H-pyrrole nitrogens is 1. The van der Waals surface area contributed by atoms with E-state index in [4.69, 9.17) is 4.74 Å². The number of aromatic amines is 1. The third-order valence-corrected chi connectivity index (χ3v) is 2.98. The van der Waals surface area contributed by atoms with Gasteiger partial charge in [0.25, 0.3) is 0 Å². The highest BCUT2D eigenvalue weighted by atomic mass is 16.5. The number of benzene rings is 1. The first-order valence-corrected chi connectivity index (χ1v) is 5.70. The molecule has 90 valence electrons. The smallest absolute Gasteiger partial charge is 0.122 e. The summed E-state index contributed by atoms with van der Waals surface area (Å²) in [6, 6.07) is 6.12. The zero-order valence-corrected chi connectivity index (χ0v) is 10.4. The Morgan fingerprint density at radius 2 is 2.24 bits per heavy atom. The molecular weight excluding hydrogens is 214 g/mol. The summed E-state index contributed by atoms with van der Waals surface area (Å²) in [6.07, 6.45) is 2.62. The van der Waals surface area contributed by atoms with E-state index in [9.17, 15) is 0 Å². The third kappa shape index (κ3) is 2.46. The monoisotopic (exact) mass is 231 g/mol. The Labute approximate surface area is 101 Å². The van der Waals surface area contributed by atoms with Crippen LogP contribution in [-0.2, 0) is 6.42 Å². The van der Waals surface area contributed by atoms with Crippen molar-refractivity contribution >= 4 is 0 Å². The van der Waals surface area contributed by atoms with Gasteiger partial charge >= 0.3 is 0 Å². The minimum absolute atomic E-state index is 0.358. The van der Waals surface area contributed by atoms with Gasteiger partial charge in [-0.15, -0.1) is 0 Å². The molecule has 0 bridgehead atoms. The molecule has 4 heteroatoms. The van der Waals surface area contributed by atoms with E-state index >= 15 is 0 Å². The first kappa shape index (κ1) is 11.6. The number of hydrogen-bond acceptors (Lipinski definition) is 3.